The van der Waals surface area contributed by atoms with Crippen LogP contribution in [-0.4, -0.2) is 21.6 Å². The fourth-order valence-corrected chi connectivity index (χ4v) is 3.50. The largest absolute Gasteiger partial charge is 0.329 e. The number of nitriles is 1. The van der Waals surface area contributed by atoms with Gasteiger partial charge in [-0.2, -0.15) is 14.9 Å². The van der Waals surface area contributed by atoms with Crippen molar-refractivity contribution in [2.75, 3.05) is 11.9 Å². The van der Waals surface area contributed by atoms with E-state index in [9.17, 15) is 5.26 Å². The van der Waals surface area contributed by atoms with Gasteiger partial charge in [0.2, 0.25) is 0 Å². The predicted octanol–water partition coefficient (Wildman–Crippen LogP) is 5.38. The predicted molar refractivity (Wildman–Crippen MR) is 116 cm³/mol. The molecule has 144 valence electrons. The second-order valence-electron chi connectivity index (χ2n) is 7.07. The molecule has 0 aliphatic rings. The number of fused-ring (bicyclic) bond motifs is 1. The van der Waals surface area contributed by atoms with E-state index in [1.54, 1.807) is 6.20 Å². The molecule has 0 amide bonds. The average Bonchev–Trinajstić information content (AvgIpc) is 3.25. The average molecular weight is 381 g/mol. The number of nitrogens with zero attached hydrogens (tertiary/aromatic N) is 5. The van der Waals surface area contributed by atoms with Crippen molar-refractivity contribution in [2.45, 2.75) is 26.2 Å². The number of unbranched alkanes of at least 4 members (excludes halogenated alkanes) is 1. The van der Waals surface area contributed by atoms with Crippen LogP contribution in [0.3, 0.4) is 0 Å². The molecule has 0 spiro atoms. The highest BCUT2D eigenvalue weighted by Gasteiger charge is 2.13. The van der Waals surface area contributed by atoms with Crippen LogP contribution in [0.5, 0.6) is 0 Å². The third-order valence-electron chi connectivity index (χ3n) is 5.14. The lowest BCUT2D eigenvalue weighted by Crippen LogP contribution is -2.15. The van der Waals surface area contributed by atoms with Crippen molar-refractivity contribution >= 4 is 17.2 Å². The van der Waals surface area contributed by atoms with Gasteiger partial charge in [0.05, 0.1) is 17.8 Å². The van der Waals surface area contributed by atoms with Crippen LogP contribution in [0, 0.1) is 11.3 Å². The summed E-state index contributed by atoms with van der Waals surface area (Å²) in [6.45, 7) is 2.19. The first kappa shape index (κ1) is 18.7. The third kappa shape index (κ3) is 3.70. The molecule has 0 unspecified atom stereocenters. The number of rotatable bonds is 6. The summed E-state index contributed by atoms with van der Waals surface area (Å²) in [6, 6.07) is 22.3. The minimum absolute atomic E-state index is 0.682. The SMILES string of the molecule is CCCCc1cc(N(C)c2ccc(-c3ccccc3C#N)cc2)n2nccc2n1. The molecule has 2 aromatic carbocycles. The number of hydrogen-bond donors (Lipinski definition) is 0. The Morgan fingerprint density at radius 2 is 1.86 bits per heavy atom. The molecule has 0 aliphatic carbocycles. The molecular weight excluding hydrogens is 358 g/mol. The maximum atomic E-state index is 9.37. The van der Waals surface area contributed by atoms with Crippen LogP contribution in [-0.2, 0) is 6.42 Å². The Labute approximate surface area is 170 Å². The molecule has 5 nitrogen and oxygen atoms in total. The molecule has 0 radical (unpaired) electrons. The highest BCUT2D eigenvalue weighted by Crippen LogP contribution is 2.29. The first-order valence-electron chi connectivity index (χ1n) is 9.88. The molecule has 0 N–H and O–H groups in total. The van der Waals surface area contributed by atoms with E-state index in [0.717, 1.165) is 53.2 Å². The Hall–Kier alpha value is -3.65. The minimum atomic E-state index is 0.682. The lowest BCUT2D eigenvalue weighted by atomic mass is 10.0. The summed E-state index contributed by atoms with van der Waals surface area (Å²) in [5.41, 5.74) is 5.65. The molecule has 29 heavy (non-hydrogen) atoms. The number of hydrogen-bond acceptors (Lipinski definition) is 4. The smallest absolute Gasteiger partial charge is 0.157 e. The molecule has 2 aromatic heterocycles. The number of aryl methyl sites for hydroxylation is 1. The molecule has 4 rings (SSSR count). The van der Waals surface area contributed by atoms with E-state index in [4.69, 9.17) is 4.98 Å². The molecule has 5 heteroatoms. The van der Waals surface area contributed by atoms with Crippen LogP contribution < -0.4 is 4.90 Å². The Balaban J connectivity index is 1.69. The monoisotopic (exact) mass is 381 g/mol. The molecule has 0 aliphatic heterocycles. The van der Waals surface area contributed by atoms with Gasteiger partial charge >= 0.3 is 0 Å². The van der Waals surface area contributed by atoms with E-state index in [1.165, 1.54) is 0 Å². The van der Waals surface area contributed by atoms with Crippen molar-refractivity contribution in [3.8, 4) is 17.2 Å². The van der Waals surface area contributed by atoms with Crippen molar-refractivity contribution in [3.05, 3.63) is 78.1 Å². The van der Waals surface area contributed by atoms with Gasteiger partial charge in [0, 0.05) is 30.6 Å². The van der Waals surface area contributed by atoms with Gasteiger partial charge in [-0.3, -0.25) is 0 Å². The van der Waals surface area contributed by atoms with Crippen molar-refractivity contribution < 1.29 is 0 Å². The van der Waals surface area contributed by atoms with Crippen LogP contribution in [0.2, 0.25) is 0 Å². The fourth-order valence-electron chi connectivity index (χ4n) is 3.50. The highest BCUT2D eigenvalue weighted by molar-refractivity contribution is 5.73. The molecule has 2 heterocycles. The summed E-state index contributed by atoms with van der Waals surface area (Å²) in [4.78, 5) is 6.85. The Morgan fingerprint density at radius 3 is 2.62 bits per heavy atom. The number of aromatic nitrogens is 3. The minimum Gasteiger partial charge on any atom is -0.329 e. The summed E-state index contributed by atoms with van der Waals surface area (Å²) in [5.74, 6) is 0.983. The van der Waals surface area contributed by atoms with E-state index in [1.807, 2.05) is 41.9 Å². The molecule has 0 bridgehead atoms. The van der Waals surface area contributed by atoms with Crippen LogP contribution >= 0.6 is 0 Å². The third-order valence-corrected chi connectivity index (χ3v) is 5.14. The number of benzene rings is 2. The zero-order chi connectivity index (χ0) is 20.2. The van der Waals surface area contributed by atoms with E-state index < -0.39 is 0 Å². The maximum absolute atomic E-state index is 9.37. The molecule has 0 saturated heterocycles. The van der Waals surface area contributed by atoms with Crippen LogP contribution in [0.25, 0.3) is 16.8 Å². The van der Waals surface area contributed by atoms with Gasteiger partial charge in [0.1, 0.15) is 5.82 Å². The van der Waals surface area contributed by atoms with E-state index in [0.29, 0.717) is 5.56 Å². The molecule has 0 saturated carbocycles. The van der Waals surface area contributed by atoms with E-state index >= 15 is 0 Å². The van der Waals surface area contributed by atoms with Crippen LogP contribution in [0.4, 0.5) is 11.5 Å². The first-order chi connectivity index (χ1) is 14.2. The first-order valence-corrected chi connectivity index (χ1v) is 9.88. The van der Waals surface area contributed by atoms with Gasteiger partial charge in [0.25, 0.3) is 0 Å². The summed E-state index contributed by atoms with van der Waals surface area (Å²) < 4.78 is 1.87. The van der Waals surface area contributed by atoms with Crippen molar-refractivity contribution in [1.29, 1.82) is 5.26 Å². The van der Waals surface area contributed by atoms with Gasteiger partial charge in [-0.25, -0.2) is 4.98 Å². The van der Waals surface area contributed by atoms with Crippen LogP contribution in [0.15, 0.2) is 66.9 Å². The van der Waals surface area contributed by atoms with Crippen molar-refractivity contribution in [2.24, 2.45) is 0 Å². The topological polar surface area (TPSA) is 57.2 Å². The van der Waals surface area contributed by atoms with E-state index in [2.05, 4.69) is 53.3 Å². The molecule has 0 atom stereocenters. The summed E-state index contributed by atoms with van der Waals surface area (Å²) in [6.07, 6.45) is 5.00. The normalized spacial score (nSPS) is 10.8. The molecule has 0 fully saturated rings. The molecule has 4 aromatic rings. The summed E-state index contributed by atoms with van der Waals surface area (Å²) >= 11 is 0. The van der Waals surface area contributed by atoms with Gasteiger partial charge in [-0.05, 0) is 42.2 Å². The Bertz CT molecular complexity index is 1170. The Morgan fingerprint density at radius 1 is 1.07 bits per heavy atom. The second kappa shape index (κ2) is 8.15. The van der Waals surface area contributed by atoms with Gasteiger partial charge in [0.15, 0.2) is 5.65 Å². The zero-order valence-electron chi connectivity index (χ0n) is 16.7. The van der Waals surface area contributed by atoms with Crippen LogP contribution in [0.1, 0.15) is 31.0 Å². The quantitative estimate of drug-likeness (QED) is 0.450. The number of anilines is 2. The van der Waals surface area contributed by atoms with Gasteiger partial charge in [-0.15, -0.1) is 0 Å². The highest BCUT2D eigenvalue weighted by atomic mass is 15.3. The lowest BCUT2D eigenvalue weighted by Gasteiger charge is -2.21. The van der Waals surface area contributed by atoms with Gasteiger partial charge < -0.3 is 4.90 Å². The second-order valence-corrected chi connectivity index (χ2v) is 7.07. The van der Waals surface area contributed by atoms with Crippen molar-refractivity contribution in [3.63, 3.8) is 0 Å². The van der Waals surface area contributed by atoms with Gasteiger partial charge in [-0.1, -0.05) is 43.7 Å². The molecular formula is C24H23N5. The zero-order valence-corrected chi connectivity index (χ0v) is 16.7. The maximum Gasteiger partial charge on any atom is 0.157 e. The standard InChI is InChI=1S/C24H23N5/c1-3-4-8-20-16-24(29-23(27-20)14-15-26-29)28(2)21-12-10-18(11-13-21)22-9-6-5-7-19(22)17-25/h5-7,9-16H,3-4,8H2,1-2H3. The summed E-state index contributed by atoms with van der Waals surface area (Å²) in [7, 11) is 2.04. The van der Waals surface area contributed by atoms with Crippen molar-refractivity contribution in [1.82, 2.24) is 14.6 Å². The van der Waals surface area contributed by atoms with E-state index in [-0.39, 0.29) is 0 Å². The fraction of sp³-hybridized carbons (Fsp3) is 0.208. The summed E-state index contributed by atoms with van der Waals surface area (Å²) in [5, 5.41) is 13.8. The lowest BCUT2D eigenvalue weighted by molar-refractivity contribution is 0.771. The Kier molecular flexibility index (Phi) is 5.26.